The number of rotatable bonds is 4. The molecule has 2 aliphatic rings. The van der Waals surface area contributed by atoms with Crippen molar-refractivity contribution in [3.63, 3.8) is 0 Å². The molecule has 0 bridgehead atoms. The van der Waals surface area contributed by atoms with E-state index in [9.17, 15) is 14.7 Å². The minimum absolute atomic E-state index is 0.151. The summed E-state index contributed by atoms with van der Waals surface area (Å²) in [4.78, 5) is 33.4. The highest BCUT2D eigenvalue weighted by Crippen LogP contribution is 2.29. The Morgan fingerprint density at radius 1 is 1.35 bits per heavy atom. The third kappa shape index (κ3) is 4.60. The van der Waals surface area contributed by atoms with Crippen molar-refractivity contribution in [2.45, 2.75) is 31.4 Å². The van der Waals surface area contributed by atoms with Crippen LogP contribution in [-0.2, 0) is 4.79 Å². The van der Waals surface area contributed by atoms with Gasteiger partial charge in [-0.2, -0.15) is 5.26 Å². The molecule has 2 fully saturated rings. The Kier molecular flexibility index (Phi) is 6.03. The second-order valence-corrected chi connectivity index (χ2v) is 9.23. The standard InChI is InChI=1S/C22H25N5O3S/c1-22(30)5-8-26(9-6-22)15-2-3-19-18(10-15)17(4-7-24-19)21(29)25-12-20(28)27-14-31-13-16(27)11-23/h2-4,7,10,16,30H,5-6,8-9,12-14H2,1H3,(H,25,29)/t16-/m1/s1. The molecule has 2 saturated heterocycles. The monoisotopic (exact) mass is 439 g/mol. The van der Waals surface area contributed by atoms with Gasteiger partial charge in [0.1, 0.15) is 6.04 Å². The van der Waals surface area contributed by atoms with E-state index in [0.29, 0.717) is 40.9 Å². The van der Waals surface area contributed by atoms with E-state index in [-0.39, 0.29) is 18.4 Å². The molecule has 0 unspecified atom stereocenters. The van der Waals surface area contributed by atoms with Gasteiger partial charge in [0, 0.05) is 36.1 Å². The topological polar surface area (TPSA) is 110 Å². The third-order valence-electron chi connectivity index (χ3n) is 5.93. The summed E-state index contributed by atoms with van der Waals surface area (Å²) >= 11 is 1.53. The number of nitriles is 1. The number of carbonyl (C=O) groups is 2. The number of nitrogens with zero attached hydrogens (tertiary/aromatic N) is 4. The summed E-state index contributed by atoms with van der Waals surface area (Å²) in [6.07, 6.45) is 2.96. The van der Waals surface area contributed by atoms with Crippen molar-refractivity contribution in [1.29, 1.82) is 5.26 Å². The number of aliphatic hydroxyl groups is 1. The molecular weight excluding hydrogens is 414 g/mol. The van der Waals surface area contributed by atoms with Gasteiger partial charge < -0.3 is 20.2 Å². The summed E-state index contributed by atoms with van der Waals surface area (Å²) in [6, 6.07) is 9.15. The summed E-state index contributed by atoms with van der Waals surface area (Å²) in [6.45, 7) is 3.19. The summed E-state index contributed by atoms with van der Waals surface area (Å²) in [5, 5.41) is 22.8. The van der Waals surface area contributed by atoms with Crippen molar-refractivity contribution in [3.8, 4) is 6.07 Å². The fourth-order valence-electron chi connectivity index (χ4n) is 3.92. The van der Waals surface area contributed by atoms with Gasteiger partial charge in [0.25, 0.3) is 5.91 Å². The number of aromatic nitrogens is 1. The van der Waals surface area contributed by atoms with Gasteiger partial charge in [0.2, 0.25) is 5.91 Å². The first-order chi connectivity index (χ1) is 14.9. The lowest BCUT2D eigenvalue weighted by atomic mass is 9.93. The van der Waals surface area contributed by atoms with Crippen molar-refractivity contribution < 1.29 is 14.7 Å². The number of carbonyl (C=O) groups excluding carboxylic acids is 2. The van der Waals surface area contributed by atoms with Crippen molar-refractivity contribution in [2.75, 3.05) is 36.2 Å². The predicted octanol–water partition coefficient (Wildman–Crippen LogP) is 1.74. The number of hydrogen-bond acceptors (Lipinski definition) is 7. The number of pyridine rings is 1. The molecule has 1 aromatic carbocycles. The fourth-order valence-corrected chi connectivity index (χ4v) is 5.03. The predicted molar refractivity (Wildman–Crippen MR) is 120 cm³/mol. The minimum atomic E-state index is -0.634. The molecule has 2 amide bonds. The molecule has 8 nitrogen and oxygen atoms in total. The number of hydrogen-bond donors (Lipinski definition) is 2. The zero-order valence-electron chi connectivity index (χ0n) is 17.4. The molecule has 9 heteroatoms. The van der Waals surface area contributed by atoms with E-state index in [1.807, 2.05) is 25.1 Å². The van der Waals surface area contributed by atoms with Crippen molar-refractivity contribution in [1.82, 2.24) is 15.2 Å². The Hall–Kier alpha value is -2.83. The second kappa shape index (κ2) is 8.73. The highest BCUT2D eigenvalue weighted by atomic mass is 32.2. The van der Waals surface area contributed by atoms with Gasteiger partial charge in [-0.1, -0.05) is 0 Å². The van der Waals surface area contributed by atoms with Gasteiger partial charge in [-0.3, -0.25) is 14.6 Å². The smallest absolute Gasteiger partial charge is 0.252 e. The summed E-state index contributed by atoms with van der Waals surface area (Å²) < 4.78 is 0. The summed E-state index contributed by atoms with van der Waals surface area (Å²) in [5.74, 6) is 0.459. The Morgan fingerprint density at radius 3 is 2.87 bits per heavy atom. The maximum Gasteiger partial charge on any atom is 0.252 e. The Bertz CT molecular complexity index is 1040. The molecule has 162 valence electrons. The molecule has 3 heterocycles. The highest BCUT2D eigenvalue weighted by molar-refractivity contribution is 7.99. The molecule has 2 aliphatic heterocycles. The van der Waals surface area contributed by atoms with Gasteiger partial charge in [-0.05, 0) is 44.0 Å². The lowest BCUT2D eigenvalue weighted by molar-refractivity contribution is -0.129. The van der Waals surface area contributed by atoms with Crippen LogP contribution in [0.25, 0.3) is 10.9 Å². The van der Waals surface area contributed by atoms with Gasteiger partial charge in [-0.15, -0.1) is 11.8 Å². The van der Waals surface area contributed by atoms with Crippen LogP contribution in [0.4, 0.5) is 5.69 Å². The number of thioether (sulfide) groups is 1. The maximum atomic E-state index is 12.9. The molecule has 31 heavy (non-hydrogen) atoms. The quantitative estimate of drug-likeness (QED) is 0.747. The van der Waals surface area contributed by atoms with E-state index in [0.717, 1.165) is 18.8 Å². The Morgan fingerprint density at radius 2 is 2.13 bits per heavy atom. The summed E-state index contributed by atoms with van der Waals surface area (Å²) in [7, 11) is 0. The van der Waals surface area contributed by atoms with E-state index in [1.54, 1.807) is 12.3 Å². The fraction of sp³-hybridized carbons (Fsp3) is 0.455. The first-order valence-electron chi connectivity index (χ1n) is 10.3. The van der Waals surface area contributed by atoms with E-state index < -0.39 is 11.6 Å². The first-order valence-corrected chi connectivity index (χ1v) is 11.4. The van der Waals surface area contributed by atoms with E-state index >= 15 is 0 Å². The number of piperidine rings is 1. The van der Waals surface area contributed by atoms with Crippen molar-refractivity contribution >= 4 is 40.2 Å². The zero-order chi connectivity index (χ0) is 22.0. The average molecular weight is 440 g/mol. The van der Waals surface area contributed by atoms with Crippen LogP contribution in [0.5, 0.6) is 0 Å². The first kappa shape index (κ1) is 21.4. The Balaban J connectivity index is 1.50. The maximum absolute atomic E-state index is 12.9. The van der Waals surface area contributed by atoms with Crippen LogP contribution < -0.4 is 10.2 Å². The molecular formula is C22H25N5O3S. The van der Waals surface area contributed by atoms with Crippen molar-refractivity contribution in [2.24, 2.45) is 0 Å². The van der Waals surface area contributed by atoms with Crippen LogP contribution in [0, 0.1) is 11.3 Å². The van der Waals surface area contributed by atoms with E-state index in [4.69, 9.17) is 5.26 Å². The van der Waals surface area contributed by atoms with Crippen LogP contribution in [0.3, 0.4) is 0 Å². The van der Waals surface area contributed by atoms with Gasteiger partial charge in [0.05, 0.1) is 35.2 Å². The van der Waals surface area contributed by atoms with Crippen LogP contribution in [0.15, 0.2) is 30.5 Å². The lowest BCUT2D eigenvalue weighted by Gasteiger charge is -2.37. The minimum Gasteiger partial charge on any atom is -0.390 e. The second-order valence-electron chi connectivity index (χ2n) is 8.23. The molecule has 0 spiro atoms. The molecule has 2 aromatic rings. The lowest BCUT2D eigenvalue weighted by Crippen LogP contribution is -2.42. The number of fused-ring (bicyclic) bond motifs is 1. The summed E-state index contributed by atoms with van der Waals surface area (Å²) in [5.41, 5.74) is 1.50. The van der Waals surface area contributed by atoms with E-state index in [2.05, 4.69) is 21.3 Å². The van der Waals surface area contributed by atoms with Crippen LogP contribution >= 0.6 is 11.8 Å². The molecule has 0 saturated carbocycles. The number of anilines is 1. The number of amides is 2. The zero-order valence-corrected chi connectivity index (χ0v) is 18.2. The largest absolute Gasteiger partial charge is 0.390 e. The van der Waals surface area contributed by atoms with Gasteiger partial charge in [0.15, 0.2) is 0 Å². The molecule has 4 rings (SSSR count). The highest BCUT2D eigenvalue weighted by Gasteiger charge is 2.29. The van der Waals surface area contributed by atoms with Crippen molar-refractivity contribution in [3.05, 3.63) is 36.0 Å². The van der Waals surface area contributed by atoms with Crippen LogP contribution in [-0.4, -0.2) is 69.7 Å². The SMILES string of the molecule is CC1(O)CCN(c2ccc3nccc(C(=O)NCC(=O)N4CSC[C@H]4C#N)c3c2)CC1. The van der Waals surface area contributed by atoms with Gasteiger partial charge in [-0.25, -0.2) is 0 Å². The Labute approximate surface area is 185 Å². The third-order valence-corrected chi connectivity index (χ3v) is 6.94. The average Bonchev–Trinajstić information content (AvgIpc) is 3.25. The molecule has 0 radical (unpaired) electrons. The number of benzene rings is 1. The molecule has 2 N–H and O–H groups in total. The molecule has 0 aliphatic carbocycles. The molecule has 1 atom stereocenters. The van der Waals surface area contributed by atoms with Gasteiger partial charge >= 0.3 is 0 Å². The van der Waals surface area contributed by atoms with Crippen LogP contribution in [0.1, 0.15) is 30.1 Å². The normalized spacial score (nSPS) is 20.5. The number of nitrogens with one attached hydrogen (secondary N) is 1. The van der Waals surface area contributed by atoms with Crippen LogP contribution in [0.2, 0.25) is 0 Å². The molecule has 1 aromatic heterocycles. The van der Waals surface area contributed by atoms with E-state index in [1.165, 1.54) is 16.7 Å².